The molecular weight excluding hydrogens is 336 g/mol. The lowest BCUT2D eigenvalue weighted by molar-refractivity contribution is 0.102. The second kappa shape index (κ2) is 7.16. The minimum atomic E-state index is -3.71. The smallest absolute Gasteiger partial charge is 0.270 e. The lowest BCUT2D eigenvalue weighted by atomic mass is 10.1. The predicted molar refractivity (Wildman–Crippen MR) is 89.1 cm³/mol. The molecule has 0 saturated carbocycles. The quantitative estimate of drug-likeness (QED) is 0.774. The van der Waals surface area contributed by atoms with Crippen LogP contribution in [0.15, 0.2) is 28.6 Å². The first-order valence-corrected chi connectivity index (χ1v) is 9.35. The summed E-state index contributed by atoms with van der Waals surface area (Å²) in [5, 5.41) is 10.0. The van der Waals surface area contributed by atoms with Crippen molar-refractivity contribution < 1.29 is 13.2 Å². The van der Waals surface area contributed by atoms with Gasteiger partial charge in [0.2, 0.25) is 9.47 Å². The molecule has 0 spiro atoms. The number of aromatic nitrogens is 2. The van der Waals surface area contributed by atoms with Crippen molar-refractivity contribution in [2.75, 3.05) is 5.32 Å². The molecule has 2 aromatic rings. The van der Waals surface area contributed by atoms with E-state index in [2.05, 4.69) is 20.2 Å². The molecule has 1 amide bonds. The number of hydrogen-bond acceptors (Lipinski definition) is 6. The molecule has 0 bridgehead atoms. The van der Waals surface area contributed by atoms with E-state index in [4.69, 9.17) is 0 Å². The average Bonchev–Trinajstić information content (AvgIpc) is 2.96. The number of nitrogens with zero attached hydrogens (tertiary/aromatic N) is 2. The van der Waals surface area contributed by atoms with E-state index in [0.717, 1.165) is 16.9 Å². The molecule has 124 valence electrons. The van der Waals surface area contributed by atoms with Gasteiger partial charge < -0.3 is 0 Å². The van der Waals surface area contributed by atoms with Crippen molar-refractivity contribution in [1.82, 2.24) is 14.9 Å². The van der Waals surface area contributed by atoms with Crippen LogP contribution >= 0.6 is 11.3 Å². The highest BCUT2D eigenvalue weighted by atomic mass is 32.2. The number of carbonyl (C=O) groups is 1. The van der Waals surface area contributed by atoms with Crippen LogP contribution in [0.5, 0.6) is 0 Å². The number of nitrogens with one attached hydrogen (secondary N) is 2. The Labute approximate surface area is 139 Å². The minimum absolute atomic E-state index is 0.139. The molecule has 0 radical (unpaired) electrons. The Morgan fingerprint density at radius 2 is 1.91 bits per heavy atom. The van der Waals surface area contributed by atoms with E-state index in [1.807, 2.05) is 26.0 Å². The van der Waals surface area contributed by atoms with Crippen molar-refractivity contribution >= 4 is 32.4 Å². The van der Waals surface area contributed by atoms with Crippen LogP contribution in [0.25, 0.3) is 0 Å². The van der Waals surface area contributed by atoms with E-state index < -0.39 is 10.0 Å². The van der Waals surface area contributed by atoms with Gasteiger partial charge in [0, 0.05) is 11.6 Å². The zero-order valence-corrected chi connectivity index (χ0v) is 14.7. The standard InChI is InChI=1S/C14H18N4O3S2/c1-4-10(3)18-23(20,21)14-17-16-13(22-14)15-12(19)11-7-5-9(2)6-8-11/h5-8,10,18H,4H2,1-3H3,(H,15,16,19). The minimum Gasteiger partial charge on any atom is -0.296 e. The van der Waals surface area contributed by atoms with Crippen LogP contribution in [0.1, 0.15) is 36.2 Å². The van der Waals surface area contributed by atoms with E-state index in [0.29, 0.717) is 12.0 Å². The van der Waals surface area contributed by atoms with Gasteiger partial charge in [0.1, 0.15) is 0 Å². The van der Waals surface area contributed by atoms with Gasteiger partial charge in [-0.2, -0.15) is 0 Å². The van der Waals surface area contributed by atoms with E-state index in [1.165, 1.54) is 0 Å². The van der Waals surface area contributed by atoms with Gasteiger partial charge in [-0.05, 0) is 32.4 Å². The molecule has 0 saturated heterocycles. The van der Waals surface area contributed by atoms with Crippen LogP contribution in [-0.4, -0.2) is 30.6 Å². The number of amides is 1. The van der Waals surface area contributed by atoms with E-state index >= 15 is 0 Å². The van der Waals surface area contributed by atoms with Crippen molar-refractivity contribution in [3.05, 3.63) is 35.4 Å². The molecule has 2 rings (SSSR count). The number of benzene rings is 1. The Bertz CT molecular complexity index is 785. The molecule has 1 heterocycles. The number of carbonyl (C=O) groups excluding carboxylic acids is 1. The van der Waals surface area contributed by atoms with Crippen LogP contribution in [0.2, 0.25) is 0 Å². The summed E-state index contributed by atoms with van der Waals surface area (Å²) in [6.07, 6.45) is 0.662. The van der Waals surface area contributed by atoms with E-state index in [9.17, 15) is 13.2 Å². The lowest BCUT2D eigenvalue weighted by Gasteiger charge is -2.08. The summed E-state index contributed by atoms with van der Waals surface area (Å²) in [6.45, 7) is 5.56. The zero-order valence-electron chi connectivity index (χ0n) is 13.0. The van der Waals surface area contributed by atoms with Gasteiger partial charge >= 0.3 is 0 Å². The largest absolute Gasteiger partial charge is 0.296 e. The summed E-state index contributed by atoms with van der Waals surface area (Å²) in [7, 11) is -3.71. The molecule has 0 aliphatic carbocycles. The second-order valence-electron chi connectivity index (χ2n) is 5.12. The maximum atomic E-state index is 12.1. The van der Waals surface area contributed by atoms with Crippen molar-refractivity contribution in [2.24, 2.45) is 0 Å². The number of aryl methyl sites for hydroxylation is 1. The Balaban J connectivity index is 2.10. The molecule has 1 aromatic carbocycles. The normalized spacial score (nSPS) is 12.8. The average molecular weight is 354 g/mol. The maximum Gasteiger partial charge on any atom is 0.270 e. The van der Waals surface area contributed by atoms with Crippen LogP contribution in [0.3, 0.4) is 0 Å². The third-order valence-corrected chi connectivity index (χ3v) is 5.93. The summed E-state index contributed by atoms with van der Waals surface area (Å²) in [5.41, 5.74) is 1.51. The first-order chi connectivity index (χ1) is 10.8. The number of anilines is 1. The maximum absolute atomic E-state index is 12.1. The molecule has 1 aromatic heterocycles. The van der Waals surface area contributed by atoms with Crippen LogP contribution in [0.4, 0.5) is 5.13 Å². The van der Waals surface area contributed by atoms with Crippen molar-refractivity contribution in [1.29, 1.82) is 0 Å². The highest BCUT2D eigenvalue weighted by Gasteiger charge is 2.22. The van der Waals surface area contributed by atoms with E-state index in [-0.39, 0.29) is 21.4 Å². The second-order valence-corrected chi connectivity index (χ2v) is 7.99. The Morgan fingerprint density at radius 1 is 1.26 bits per heavy atom. The van der Waals surface area contributed by atoms with Crippen molar-refractivity contribution in [2.45, 2.75) is 37.6 Å². The third kappa shape index (κ3) is 4.57. The molecule has 7 nitrogen and oxygen atoms in total. The van der Waals surface area contributed by atoms with Crippen LogP contribution in [-0.2, 0) is 10.0 Å². The number of sulfonamides is 1. The first kappa shape index (κ1) is 17.5. The van der Waals surface area contributed by atoms with Gasteiger partial charge in [-0.1, -0.05) is 36.0 Å². The van der Waals surface area contributed by atoms with E-state index in [1.54, 1.807) is 19.1 Å². The lowest BCUT2D eigenvalue weighted by Crippen LogP contribution is -2.31. The molecule has 0 aliphatic heterocycles. The Kier molecular flexibility index (Phi) is 5.45. The van der Waals surface area contributed by atoms with Gasteiger partial charge in [-0.25, -0.2) is 13.1 Å². The monoisotopic (exact) mass is 354 g/mol. The fourth-order valence-electron chi connectivity index (χ4n) is 1.64. The molecule has 0 fully saturated rings. The Morgan fingerprint density at radius 3 is 2.52 bits per heavy atom. The fraction of sp³-hybridized carbons (Fsp3) is 0.357. The van der Waals surface area contributed by atoms with Crippen LogP contribution in [0, 0.1) is 6.92 Å². The Hall–Kier alpha value is -1.84. The fourth-order valence-corrected chi connectivity index (χ4v) is 3.88. The van der Waals surface area contributed by atoms with Gasteiger partial charge in [-0.3, -0.25) is 10.1 Å². The van der Waals surface area contributed by atoms with Gasteiger partial charge in [0.15, 0.2) is 0 Å². The summed E-state index contributed by atoms with van der Waals surface area (Å²) < 4.78 is 26.5. The highest BCUT2D eigenvalue weighted by molar-refractivity contribution is 7.91. The number of rotatable bonds is 6. The van der Waals surface area contributed by atoms with Crippen molar-refractivity contribution in [3.63, 3.8) is 0 Å². The number of hydrogen-bond donors (Lipinski definition) is 2. The molecule has 23 heavy (non-hydrogen) atoms. The zero-order chi connectivity index (χ0) is 17.0. The third-order valence-electron chi connectivity index (χ3n) is 3.14. The SMILES string of the molecule is CCC(C)NS(=O)(=O)c1nnc(NC(=O)c2ccc(C)cc2)s1. The van der Waals surface area contributed by atoms with Gasteiger partial charge in [-0.15, -0.1) is 10.2 Å². The topological polar surface area (TPSA) is 101 Å². The molecule has 9 heteroatoms. The molecular formula is C14H18N4O3S2. The van der Waals surface area contributed by atoms with Crippen LogP contribution < -0.4 is 10.0 Å². The van der Waals surface area contributed by atoms with Gasteiger partial charge in [0.05, 0.1) is 0 Å². The summed E-state index contributed by atoms with van der Waals surface area (Å²) in [6, 6.07) is 6.82. The molecule has 1 atom stereocenters. The molecule has 1 unspecified atom stereocenters. The highest BCUT2D eigenvalue weighted by Crippen LogP contribution is 2.21. The first-order valence-electron chi connectivity index (χ1n) is 7.05. The summed E-state index contributed by atoms with van der Waals surface area (Å²) >= 11 is 0.814. The molecule has 2 N–H and O–H groups in total. The molecule has 0 aliphatic rings. The van der Waals surface area contributed by atoms with Gasteiger partial charge in [0.25, 0.3) is 15.9 Å². The van der Waals surface area contributed by atoms with Crippen molar-refractivity contribution in [3.8, 4) is 0 Å². The predicted octanol–water partition coefficient (Wildman–Crippen LogP) is 2.18. The summed E-state index contributed by atoms with van der Waals surface area (Å²) in [5.74, 6) is -0.361. The summed E-state index contributed by atoms with van der Waals surface area (Å²) in [4.78, 5) is 12.1.